The first-order chi connectivity index (χ1) is 10.5. The molecule has 4 nitrogen and oxygen atoms in total. The molecule has 1 aliphatic rings. The maximum Gasteiger partial charge on any atom is 0.310 e. The first-order valence-corrected chi connectivity index (χ1v) is 8.76. The number of nitrogens with one attached hydrogen (secondary N) is 1. The van der Waals surface area contributed by atoms with Crippen LogP contribution < -0.4 is 5.32 Å². The molecule has 2 rings (SSSR count). The van der Waals surface area contributed by atoms with Crippen molar-refractivity contribution in [3.8, 4) is 0 Å². The highest BCUT2D eigenvalue weighted by Gasteiger charge is 2.28. The van der Waals surface area contributed by atoms with E-state index in [2.05, 4.69) is 21.2 Å². The number of carbonyl (C=O) groups excluding carboxylic acids is 1. The predicted molar refractivity (Wildman–Crippen MR) is 96.3 cm³/mol. The van der Waals surface area contributed by atoms with Gasteiger partial charge in [-0.25, -0.2) is 0 Å². The number of hydrogen-bond donors (Lipinski definition) is 1. The van der Waals surface area contributed by atoms with Crippen molar-refractivity contribution in [2.75, 3.05) is 25.0 Å². The summed E-state index contributed by atoms with van der Waals surface area (Å²) in [6.45, 7) is 3.66. The van der Waals surface area contributed by atoms with Gasteiger partial charge in [0.25, 0.3) is 0 Å². The Kier molecular flexibility index (Phi) is 6.47. The summed E-state index contributed by atoms with van der Waals surface area (Å²) < 4.78 is 5.94. The number of rotatable bonds is 3. The van der Waals surface area contributed by atoms with Gasteiger partial charge in [0.05, 0.1) is 17.5 Å². The lowest BCUT2D eigenvalue weighted by atomic mass is 9.98. The molecule has 1 saturated heterocycles. The van der Waals surface area contributed by atoms with Gasteiger partial charge in [0.15, 0.2) is 5.11 Å². The predicted octanol–water partition coefficient (Wildman–Crippen LogP) is 4.07. The van der Waals surface area contributed by atoms with Crippen molar-refractivity contribution < 1.29 is 9.53 Å². The molecule has 0 bridgehead atoms. The molecule has 22 heavy (non-hydrogen) atoms. The molecule has 1 atom stereocenters. The van der Waals surface area contributed by atoms with Crippen molar-refractivity contribution >= 4 is 56.5 Å². The topological polar surface area (TPSA) is 41.6 Å². The summed E-state index contributed by atoms with van der Waals surface area (Å²) in [4.78, 5) is 13.9. The summed E-state index contributed by atoms with van der Waals surface area (Å²) in [5.41, 5.74) is 0.830. The van der Waals surface area contributed by atoms with E-state index in [1.54, 1.807) is 0 Å². The fourth-order valence-electron chi connectivity index (χ4n) is 2.39. The lowest BCUT2D eigenvalue weighted by Gasteiger charge is -2.33. The van der Waals surface area contributed by atoms with Crippen LogP contribution in [0.3, 0.4) is 0 Å². The molecule has 1 fully saturated rings. The third kappa shape index (κ3) is 4.57. The number of likely N-dealkylation sites (tertiary alicyclic amines) is 1. The monoisotopic (exact) mass is 404 g/mol. The number of benzene rings is 1. The SMILES string of the molecule is CCOC(=O)C1CCCN(C(=S)Nc2ccc(Br)c(Cl)c2)C1. The number of ether oxygens (including phenoxy) is 1. The number of nitrogens with zero attached hydrogens (tertiary/aromatic N) is 1. The highest BCUT2D eigenvalue weighted by molar-refractivity contribution is 9.10. The fourth-order valence-corrected chi connectivity index (χ4v) is 3.10. The van der Waals surface area contributed by atoms with Crippen LogP contribution in [-0.4, -0.2) is 35.7 Å². The molecule has 7 heteroatoms. The quantitative estimate of drug-likeness (QED) is 0.606. The van der Waals surface area contributed by atoms with E-state index in [-0.39, 0.29) is 11.9 Å². The van der Waals surface area contributed by atoms with Crippen LogP contribution in [0.2, 0.25) is 5.02 Å². The molecule has 1 N–H and O–H groups in total. The molecule has 1 heterocycles. The minimum Gasteiger partial charge on any atom is -0.466 e. The second kappa shape index (κ2) is 8.13. The maximum absolute atomic E-state index is 11.9. The standard InChI is InChI=1S/C15H18BrClN2O2S/c1-2-21-14(20)10-4-3-7-19(9-10)15(22)18-11-5-6-12(16)13(17)8-11/h5-6,8,10H,2-4,7,9H2,1H3,(H,18,22). The van der Waals surface area contributed by atoms with Crippen LogP contribution in [0.4, 0.5) is 5.69 Å². The summed E-state index contributed by atoms with van der Waals surface area (Å²) in [6.07, 6.45) is 1.77. The summed E-state index contributed by atoms with van der Waals surface area (Å²) in [7, 11) is 0. The molecule has 0 spiro atoms. The van der Waals surface area contributed by atoms with Gasteiger partial charge in [0.1, 0.15) is 0 Å². The van der Waals surface area contributed by atoms with Gasteiger partial charge in [-0.05, 0) is 66.1 Å². The first-order valence-electron chi connectivity index (χ1n) is 7.19. The fraction of sp³-hybridized carbons (Fsp3) is 0.467. The molecule has 1 aromatic rings. The smallest absolute Gasteiger partial charge is 0.310 e. The molecular weight excluding hydrogens is 388 g/mol. The molecule has 0 amide bonds. The Labute approximate surface area is 149 Å². The average molecular weight is 406 g/mol. The highest BCUT2D eigenvalue weighted by atomic mass is 79.9. The lowest BCUT2D eigenvalue weighted by Crippen LogP contribution is -2.44. The van der Waals surface area contributed by atoms with Crippen LogP contribution in [0, 0.1) is 5.92 Å². The van der Waals surface area contributed by atoms with Crippen LogP contribution in [-0.2, 0) is 9.53 Å². The number of carbonyl (C=O) groups is 1. The number of halogens is 2. The maximum atomic E-state index is 11.9. The summed E-state index contributed by atoms with van der Waals surface area (Å²) in [5.74, 6) is -0.247. The van der Waals surface area contributed by atoms with Crippen molar-refractivity contribution in [1.82, 2.24) is 4.90 Å². The molecule has 1 unspecified atom stereocenters. The molecular formula is C15H18BrClN2O2S. The summed E-state index contributed by atoms with van der Waals surface area (Å²) in [5, 5.41) is 4.40. The van der Waals surface area contributed by atoms with Crippen LogP contribution in [0.5, 0.6) is 0 Å². The summed E-state index contributed by atoms with van der Waals surface area (Å²) in [6, 6.07) is 5.57. The zero-order chi connectivity index (χ0) is 16.1. The third-order valence-corrected chi connectivity index (χ3v) is 5.09. The number of esters is 1. The highest BCUT2D eigenvalue weighted by Crippen LogP contribution is 2.26. The molecule has 0 saturated carbocycles. The second-order valence-corrected chi connectivity index (χ2v) is 6.74. The van der Waals surface area contributed by atoms with Gasteiger partial charge in [0, 0.05) is 23.2 Å². The van der Waals surface area contributed by atoms with Gasteiger partial charge in [-0.1, -0.05) is 11.6 Å². The van der Waals surface area contributed by atoms with Gasteiger partial charge in [-0.15, -0.1) is 0 Å². The largest absolute Gasteiger partial charge is 0.466 e. The van der Waals surface area contributed by atoms with E-state index in [1.165, 1.54) is 0 Å². The molecule has 0 aromatic heterocycles. The van der Waals surface area contributed by atoms with E-state index in [4.69, 9.17) is 28.6 Å². The van der Waals surface area contributed by atoms with Crippen molar-refractivity contribution in [3.05, 3.63) is 27.7 Å². The van der Waals surface area contributed by atoms with E-state index in [0.29, 0.717) is 23.3 Å². The Bertz CT molecular complexity index is 570. The zero-order valence-electron chi connectivity index (χ0n) is 12.3. The number of piperidine rings is 1. The van der Waals surface area contributed by atoms with Gasteiger partial charge < -0.3 is 15.0 Å². The third-order valence-electron chi connectivity index (χ3n) is 3.50. The molecule has 1 aromatic carbocycles. The zero-order valence-corrected chi connectivity index (χ0v) is 15.4. The van der Waals surface area contributed by atoms with Crippen LogP contribution in [0.15, 0.2) is 22.7 Å². The van der Waals surface area contributed by atoms with Crippen molar-refractivity contribution in [1.29, 1.82) is 0 Å². The molecule has 0 aliphatic carbocycles. The van der Waals surface area contributed by atoms with Crippen LogP contribution in [0.25, 0.3) is 0 Å². The van der Waals surface area contributed by atoms with Crippen molar-refractivity contribution in [3.63, 3.8) is 0 Å². The van der Waals surface area contributed by atoms with Gasteiger partial charge in [-0.3, -0.25) is 4.79 Å². The summed E-state index contributed by atoms with van der Waals surface area (Å²) >= 11 is 14.9. The normalized spacial score (nSPS) is 18.0. The Balaban J connectivity index is 1.96. The van der Waals surface area contributed by atoms with E-state index in [9.17, 15) is 4.79 Å². The minimum atomic E-state index is -0.137. The number of thiocarbonyl (C=S) groups is 1. The van der Waals surface area contributed by atoms with E-state index in [0.717, 1.165) is 29.5 Å². The van der Waals surface area contributed by atoms with Crippen LogP contribution in [0.1, 0.15) is 19.8 Å². The minimum absolute atomic E-state index is 0.109. The Morgan fingerprint density at radius 2 is 2.36 bits per heavy atom. The first kappa shape index (κ1) is 17.5. The molecule has 1 aliphatic heterocycles. The molecule has 0 radical (unpaired) electrons. The van der Waals surface area contributed by atoms with Gasteiger partial charge in [-0.2, -0.15) is 0 Å². The van der Waals surface area contributed by atoms with Crippen LogP contribution >= 0.6 is 39.7 Å². The Morgan fingerprint density at radius 1 is 1.59 bits per heavy atom. The van der Waals surface area contributed by atoms with Gasteiger partial charge in [0.2, 0.25) is 0 Å². The van der Waals surface area contributed by atoms with Crippen molar-refractivity contribution in [2.24, 2.45) is 5.92 Å². The number of hydrogen-bond acceptors (Lipinski definition) is 3. The lowest BCUT2D eigenvalue weighted by molar-refractivity contribution is -0.149. The van der Waals surface area contributed by atoms with Gasteiger partial charge >= 0.3 is 5.97 Å². The van der Waals surface area contributed by atoms with E-state index in [1.807, 2.05) is 30.0 Å². The van der Waals surface area contributed by atoms with E-state index >= 15 is 0 Å². The average Bonchev–Trinajstić information content (AvgIpc) is 2.51. The second-order valence-electron chi connectivity index (χ2n) is 5.10. The number of anilines is 1. The van der Waals surface area contributed by atoms with E-state index < -0.39 is 0 Å². The Morgan fingerprint density at radius 3 is 3.05 bits per heavy atom. The Hall–Kier alpha value is -0.850. The molecule has 120 valence electrons. The van der Waals surface area contributed by atoms with Crippen molar-refractivity contribution in [2.45, 2.75) is 19.8 Å².